The molecule has 1 saturated carbocycles. The summed E-state index contributed by atoms with van der Waals surface area (Å²) in [6.07, 6.45) is 11.2. The van der Waals surface area contributed by atoms with Gasteiger partial charge in [-0.3, -0.25) is 4.79 Å². The molecule has 3 unspecified atom stereocenters. The standard InChI is InChI=1S/C17H30O3/c1-13(2)8-6-4-3-5-7-11-19-17(18)14-9-10-15-16(12-14)20-15/h13-16H,3-12H2,1-2H3. The molecule has 1 heterocycles. The molecule has 1 aliphatic carbocycles. The Labute approximate surface area is 123 Å². The number of esters is 1. The molecule has 0 amide bonds. The summed E-state index contributed by atoms with van der Waals surface area (Å²) in [5.74, 6) is 0.935. The van der Waals surface area contributed by atoms with Crippen LogP contribution in [0.4, 0.5) is 0 Å². The van der Waals surface area contributed by atoms with Gasteiger partial charge in [-0.1, -0.05) is 46.0 Å². The zero-order valence-electron chi connectivity index (χ0n) is 13.1. The van der Waals surface area contributed by atoms with Crippen LogP contribution in [0.1, 0.15) is 71.6 Å². The van der Waals surface area contributed by atoms with Gasteiger partial charge in [0, 0.05) is 0 Å². The van der Waals surface area contributed by atoms with Crippen molar-refractivity contribution in [3.05, 3.63) is 0 Å². The van der Waals surface area contributed by atoms with Crippen molar-refractivity contribution in [2.45, 2.75) is 83.8 Å². The van der Waals surface area contributed by atoms with Gasteiger partial charge in [0.1, 0.15) is 0 Å². The Balaban J connectivity index is 1.41. The van der Waals surface area contributed by atoms with Gasteiger partial charge in [0.2, 0.25) is 0 Å². The number of fused-ring (bicyclic) bond motifs is 1. The Morgan fingerprint density at radius 3 is 2.60 bits per heavy atom. The lowest BCUT2D eigenvalue weighted by Crippen LogP contribution is -2.24. The van der Waals surface area contributed by atoms with Crippen molar-refractivity contribution in [1.82, 2.24) is 0 Å². The molecule has 0 bridgehead atoms. The molecule has 1 aliphatic heterocycles. The van der Waals surface area contributed by atoms with Crippen LogP contribution in [0.2, 0.25) is 0 Å². The summed E-state index contributed by atoms with van der Waals surface area (Å²) < 4.78 is 10.8. The van der Waals surface area contributed by atoms with E-state index in [1.54, 1.807) is 0 Å². The van der Waals surface area contributed by atoms with Crippen molar-refractivity contribution in [3.8, 4) is 0 Å². The average Bonchev–Trinajstić information content (AvgIpc) is 3.19. The summed E-state index contributed by atoms with van der Waals surface area (Å²) in [6.45, 7) is 5.16. The number of carbonyl (C=O) groups excluding carboxylic acids is 1. The molecule has 20 heavy (non-hydrogen) atoms. The van der Waals surface area contributed by atoms with E-state index in [1.807, 2.05) is 0 Å². The van der Waals surface area contributed by atoms with Gasteiger partial charge in [-0.25, -0.2) is 0 Å². The normalized spacial score (nSPS) is 28.2. The molecule has 2 fully saturated rings. The zero-order valence-corrected chi connectivity index (χ0v) is 13.1. The number of carbonyl (C=O) groups is 1. The first-order valence-corrected chi connectivity index (χ1v) is 8.49. The highest BCUT2D eigenvalue weighted by Gasteiger charge is 2.46. The SMILES string of the molecule is CC(C)CCCCCCCOC(=O)C1CCC2OC2C1. The third kappa shape index (κ3) is 5.43. The van der Waals surface area contributed by atoms with Crippen LogP contribution in [0.5, 0.6) is 0 Å². The predicted octanol–water partition coefficient (Wildman–Crippen LogP) is 4.09. The predicted molar refractivity (Wildman–Crippen MR) is 79.5 cm³/mol. The van der Waals surface area contributed by atoms with Crippen LogP contribution in [-0.4, -0.2) is 24.8 Å². The van der Waals surface area contributed by atoms with E-state index in [1.165, 1.54) is 32.1 Å². The van der Waals surface area contributed by atoms with Gasteiger partial charge in [-0.15, -0.1) is 0 Å². The van der Waals surface area contributed by atoms with Gasteiger partial charge in [0.05, 0.1) is 24.7 Å². The van der Waals surface area contributed by atoms with Gasteiger partial charge in [0.15, 0.2) is 0 Å². The van der Waals surface area contributed by atoms with E-state index in [0.29, 0.717) is 18.8 Å². The van der Waals surface area contributed by atoms with Gasteiger partial charge in [-0.2, -0.15) is 0 Å². The number of unbranched alkanes of at least 4 members (excludes halogenated alkanes) is 4. The highest BCUT2D eigenvalue weighted by Crippen LogP contribution is 2.39. The molecule has 0 aromatic heterocycles. The van der Waals surface area contributed by atoms with Crippen LogP contribution in [-0.2, 0) is 14.3 Å². The number of hydrogen-bond acceptors (Lipinski definition) is 3. The number of rotatable bonds is 9. The molecular weight excluding hydrogens is 252 g/mol. The minimum atomic E-state index is 0.0127. The Bertz CT molecular complexity index is 301. The largest absolute Gasteiger partial charge is 0.465 e. The van der Waals surface area contributed by atoms with Crippen LogP contribution < -0.4 is 0 Å². The van der Waals surface area contributed by atoms with Crippen LogP contribution in [0.3, 0.4) is 0 Å². The van der Waals surface area contributed by atoms with E-state index >= 15 is 0 Å². The van der Waals surface area contributed by atoms with E-state index in [9.17, 15) is 4.79 Å². The molecule has 0 N–H and O–H groups in total. The summed E-state index contributed by atoms with van der Waals surface area (Å²) in [5.41, 5.74) is 0. The van der Waals surface area contributed by atoms with Crippen molar-refractivity contribution < 1.29 is 14.3 Å². The topological polar surface area (TPSA) is 38.8 Å². The van der Waals surface area contributed by atoms with Crippen LogP contribution in [0.15, 0.2) is 0 Å². The first kappa shape index (κ1) is 15.8. The second-order valence-corrected chi connectivity index (χ2v) is 6.84. The molecule has 3 atom stereocenters. The van der Waals surface area contributed by atoms with Gasteiger partial charge >= 0.3 is 5.97 Å². The Kier molecular flexibility index (Phi) is 6.34. The van der Waals surface area contributed by atoms with Crippen molar-refractivity contribution in [3.63, 3.8) is 0 Å². The molecule has 2 aliphatic rings. The minimum absolute atomic E-state index is 0.0127. The molecule has 3 heteroatoms. The third-order valence-corrected chi connectivity index (χ3v) is 4.51. The molecule has 1 saturated heterocycles. The molecule has 0 radical (unpaired) electrons. The van der Waals surface area contributed by atoms with E-state index in [4.69, 9.17) is 9.47 Å². The molecule has 0 aromatic rings. The lowest BCUT2D eigenvalue weighted by molar-refractivity contribution is -0.149. The quantitative estimate of drug-likeness (QED) is 0.363. The zero-order chi connectivity index (χ0) is 14.4. The first-order chi connectivity index (χ1) is 9.66. The molecule has 2 rings (SSSR count). The molecular formula is C17H30O3. The van der Waals surface area contributed by atoms with Crippen molar-refractivity contribution >= 4 is 5.97 Å². The molecule has 116 valence electrons. The average molecular weight is 282 g/mol. The highest BCUT2D eigenvalue weighted by molar-refractivity contribution is 5.72. The highest BCUT2D eigenvalue weighted by atomic mass is 16.6. The molecule has 0 aromatic carbocycles. The van der Waals surface area contributed by atoms with E-state index < -0.39 is 0 Å². The fourth-order valence-corrected chi connectivity index (χ4v) is 3.09. The van der Waals surface area contributed by atoms with Crippen LogP contribution in [0, 0.1) is 11.8 Å². The van der Waals surface area contributed by atoms with E-state index in [-0.39, 0.29) is 11.9 Å². The second-order valence-electron chi connectivity index (χ2n) is 6.84. The van der Waals surface area contributed by atoms with Gasteiger partial charge in [-0.05, 0) is 31.6 Å². The monoisotopic (exact) mass is 282 g/mol. The second kappa shape index (κ2) is 8.02. The van der Waals surface area contributed by atoms with E-state index in [0.717, 1.165) is 31.6 Å². The molecule has 0 spiro atoms. The minimum Gasteiger partial charge on any atom is -0.465 e. The lowest BCUT2D eigenvalue weighted by Gasteiger charge is -2.17. The maximum atomic E-state index is 11.9. The van der Waals surface area contributed by atoms with Crippen molar-refractivity contribution in [1.29, 1.82) is 0 Å². The smallest absolute Gasteiger partial charge is 0.309 e. The maximum absolute atomic E-state index is 11.9. The first-order valence-electron chi connectivity index (χ1n) is 8.49. The molecule has 3 nitrogen and oxygen atoms in total. The van der Waals surface area contributed by atoms with Crippen LogP contribution >= 0.6 is 0 Å². The fraction of sp³-hybridized carbons (Fsp3) is 0.941. The summed E-state index contributed by atoms with van der Waals surface area (Å²) in [7, 11) is 0. The Hall–Kier alpha value is -0.570. The summed E-state index contributed by atoms with van der Waals surface area (Å²) in [5, 5.41) is 0. The van der Waals surface area contributed by atoms with Crippen molar-refractivity contribution in [2.24, 2.45) is 11.8 Å². The van der Waals surface area contributed by atoms with Gasteiger partial charge in [0.25, 0.3) is 0 Å². The summed E-state index contributed by atoms with van der Waals surface area (Å²) in [4.78, 5) is 11.9. The lowest BCUT2D eigenvalue weighted by atomic mass is 9.89. The third-order valence-electron chi connectivity index (χ3n) is 4.51. The number of hydrogen-bond donors (Lipinski definition) is 0. The van der Waals surface area contributed by atoms with Crippen molar-refractivity contribution in [2.75, 3.05) is 6.61 Å². The Morgan fingerprint density at radius 2 is 1.85 bits per heavy atom. The van der Waals surface area contributed by atoms with Crippen LogP contribution in [0.25, 0.3) is 0 Å². The summed E-state index contributed by atoms with van der Waals surface area (Å²) in [6, 6.07) is 0. The maximum Gasteiger partial charge on any atom is 0.309 e. The Morgan fingerprint density at radius 1 is 1.10 bits per heavy atom. The fourth-order valence-electron chi connectivity index (χ4n) is 3.09. The summed E-state index contributed by atoms with van der Waals surface area (Å²) >= 11 is 0. The van der Waals surface area contributed by atoms with E-state index in [2.05, 4.69) is 13.8 Å². The van der Waals surface area contributed by atoms with Gasteiger partial charge < -0.3 is 9.47 Å². The number of ether oxygens (including phenoxy) is 2. The number of epoxide rings is 1.